The molecule has 9 heteroatoms. The molecule has 4 amide bonds. The number of hydrogen-bond donors (Lipinski definition) is 3. The highest BCUT2D eigenvalue weighted by Gasteiger charge is 2.31. The molecule has 0 aromatic heterocycles. The maximum Gasteiger partial charge on any atom is 0.321 e. The van der Waals surface area contributed by atoms with Crippen molar-refractivity contribution in [1.82, 2.24) is 10.6 Å². The van der Waals surface area contributed by atoms with Gasteiger partial charge in [0.2, 0.25) is 0 Å². The van der Waals surface area contributed by atoms with E-state index in [9.17, 15) is 19.2 Å². The number of benzene rings is 1. The molecule has 9 nitrogen and oxygen atoms in total. The van der Waals surface area contributed by atoms with Gasteiger partial charge < -0.3 is 20.1 Å². The van der Waals surface area contributed by atoms with Crippen molar-refractivity contribution < 1.29 is 28.7 Å². The number of amides is 4. The number of ether oxygens (including phenoxy) is 2. The van der Waals surface area contributed by atoms with Crippen LogP contribution in [0.2, 0.25) is 0 Å². The maximum atomic E-state index is 12.1. The first-order valence-corrected chi connectivity index (χ1v) is 9.30. The topological polar surface area (TPSA) is 123 Å². The summed E-state index contributed by atoms with van der Waals surface area (Å²) in [4.78, 5) is 48.0. The van der Waals surface area contributed by atoms with E-state index in [1.807, 2.05) is 0 Å². The Kier molecular flexibility index (Phi) is 6.13. The van der Waals surface area contributed by atoms with Crippen molar-refractivity contribution in [1.29, 1.82) is 0 Å². The lowest BCUT2D eigenvalue weighted by Gasteiger charge is -2.25. The number of fused-ring (bicyclic) bond motifs is 1. The van der Waals surface area contributed by atoms with Gasteiger partial charge in [0.25, 0.3) is 11.8 Å². The second-order valence-electron chi connectivity index (χ2n) is 6.87. The summed E-state index contributed by atoms with van der Waals surface area (Å²) < 4.78 is 10.5. The highest BCUT2D eigenvalue weighted by molar-refractivity contribution is 6.00. The van der Waals surface area contributed by atoms with E-state index in [0.717, 1.165) is 25.7 Å². The summed E-state index contributed by atoms with van der Waals surface area (Å²) in [5.41, 5.74) is 0.526. The molecule has 1 aromatic carbocycles. The normalized spacial score (nSPS) is 19.6. The van der Waals surface area contributed by atoms with Crippen molar-refractivity contribution in [2.45, 2.75) is 57.3 Å². The number of urea groups is 1. The number of carbonyl (C=O) groups is 4. The van der Waals surface area contributed by atoms with Crippen molar-refractivity contribution >= 4 is 29.5 Å². The molecule has 2 atom stereocenters. The van der Waals surface area contributed by atoms with Gasteiger partial charge in [-0.2, -0.15) is 0 Å². The van der Waals surface area contributed by atoms with E-state index in [-0.39, 0.29) is 12.5 Å². The Morgan fingerprint density at radius 2 is 1.96 bits per heavy atom. The third-order valence-electron chi connectivity index (χ3n) is 4.66. The smallest absolute Gasteiger partial charge is 0.321 e. The van der Waals surface area contributed by atoms with Crippen LogP contribution in [0, 0.1) is 0 Å². The van der Waals surface area contributed by atoms with Crippen molar-refractivity contribution in [2.24, 2.45) is 0 Å². The summed E-state index contributed by atoms with van der Waals surface area (Å²) in [6.07, 6.45) is 1.29. The maximum absolute atomic E-state index is 12.1. The SMILES string of the molecule is C[C@@H](OC(=O)C[C@H]1Oc2ccccc2NC1=O)C(=O)NC(=O)NC1CCCC1. The first-order valence-electron chi connectivity index (χ1n) is 9.30. The molecule has 1 fully saturated rings. The largest absolute Gasteiger partial charge is 0.478 e. The molecule has 28 heavy (non-hydrogen) atoms. The summed E-state index contributed by atoms with van der Waals surface area (Å²) in [5, 5.41) is 7.52. The predicted octanol–water partition coefficient (Wildman–Crippen LogP) is 1.48. The number of para-hydroxylation sites is 2. The van der Waals surface area contributed by atoms with E-state index in [2.05, 4.69) is 16.0 Å². The Balaban J connectivity index is 1.45. The molecule has 1 aliphatic heterocycles. The Labute approximate surface area is 162 Å². The number of imide groups is 1. The lowest BCUT2D eigenvalue weighted by Crippen LogP contribution is -2.47. The number of esters is 1. The minimum Gasteiger partial charge on any atom is -0.478 e. The van der Waals surface area contributed by atoms with Gasteiger partial charge in [0.1, 0.15) is 5.75 Å². The van der Waals surface area contributed by atoms with Crippen LogP contribution in [-0.2, 0) is 19.1 Å². The van der Waals surface area contributed by atoms with E-state index in [4.69, 9.17) is 9.47 Å². The number of carbonyl (C=O) groups excluding carboxylic acids is 4. The third kappa shape index (κ3) is 4.99. The van der Waals surface area contributed by atoms with Gasteiger partial charge in [-0.15, -0.1) is 0 Å². The fraction of sp³-hybridized carbons (Fsp3) is 0.474. The Bertz CT molecular complexity index is 775. The minimum atomic E-state index is -1.18. The molecule has 0 unspecified atom stereocenters. The van der Waals surface area contributed by atoms with Crippen molar-refractivity contribution in [3.05, 3.63) is 24.3 Å². The van der Waals surface area contributed by atoms with Gasteiger partial charge in [-0.05, 0) is 31.9 Å². The fourth-order valence-electron chi connectivity index (χ4n) is 3.18. The van der Waals surface area contributed by atoms with Crippen LogP contribution in [0.3, 0.4) is 0 Å². The molecule has 0 spiro atoms. The van der Waals surface area contributed by atoms with Gasteiger partial charge in [-0.1, -0.05) is 25.0 Å². The van der Waals surface area contributed by atoms with Gasteiger partial charge in [-0.25, -0.2) is 4.79 Å². The quantitative estimate of drug-likeness (QED) is 0.656. The molecule has 0 radical (unpaired) electrons. The first kappa shape index (κ1) is 19.7. The second kappa shape index (κ2) is 8.73. The molecular formula is C19H23N3O6. The van der Waals surface area contributed by atoms with Crippen molar-refractivity contribution in [3.8, 4) is 5.75 Å². The van der Waals surface area contributed by atoms with Crippen LogP contribution in [0.25, 0.3) is 0 Å². The molecule has 150 valence electrons. The van der Waals surface area contributed by atoms with Crippen LogP contribution in [0.4, 0.5) is 10.5 Å². The molecular weight excluding hydrogens is 366 g/mol. The van der Waals surface area contributed by atoms with E-state index >= 15 is 0 Å². The van der Waals surface area contributed by atoms with Gasteiger partial charge in [0.05, 0.1) is 12.1 Å². The molecule has 2 aliphatic rings. The monoisotopic (exact) mass is 389 g/mol. The van der Waals surface area contributed by atoms with Gasteiger partial charge >= 0.3 is 12.0 Å². The van der Waals surface area contributed by atoms with Gasteiger partial charge in [0, 0.05) is 6.04 Å². The third-order valence-corrected chi connectivity index (χ3v) is 4.66. The van der Waals surface area contributed by atoms with Crippen molar-refractivity contribution in [2.75, 3.05) is 5.32 Å². The summed E-state index contributed by atoms with van der Waals surface area (Å²) >= 11 is 0. The van der Waals surface area contributed by atoms with Crippen LogP contribution < -0.4 is 20.7 Å². The molecule has 0 bridgehead atoms. The zero-order valence-corrected chi connectivity index (χ0v) is 15.5. The molecule has 1 aliphatic carbocycles. The number of rotatable bonds is 5. The standard InChI is InChI=1S/C19H23N3O6/c1-11(17(24)22-19(26)20-12-6-2-3-7-12)27-16(23)10-15-18(25)21-13-8-4-5-9-14(13)28-15/h4-5,8-9,11-12,15H,2-3,6-7,10H2,1H3,(H,21,25)(H2,20,22,24,26)/t11-,15-/m1/s1. The number of nitrogens with one attached hydrogen (secondary N) is 3. The summed E-state index contributed by atoms with van der Waals surface area (Å²) in [6, 6.07) is 6.31. The average molecular weight is 389 g/mol. The van der Waals surface area contributed by atoms with Crippen LogP contribution in [0.15, 0.2) is 24.3 Å². The lowest BCUT2D eigenvalue weighted by molar-refractivity contribution is -0.157. The molecule has 1 aromatic rings. The molecule has 1 saturated carbocycles. The molecule has 1 heterocycles. The summed E-state index contributed by atoms with van der Waals surface area (Å²) in [5.74, 6) is -1.53. The van der Waals surface area contributed by atoms with E-state index in [0.29, 0.717) is 11.4 Å². The molecule has 3 rings (SSSR count). The minimum absolute atomic E-state index is 0.0653. The van der Waals surface area contributed by atoms with Crippen molar-refractivity contribution in [3.63, 3.8) is 0 Å². The highest BCUT2D eigenvalue weighted by Crippen LogP contribution is 2.29. The van der Waals surface area contributed by atoms with E-state index < -0.39 is 36.0 Å². The zero-order chi connectivity index (χ0) is 20.1. The average Bonchev–Trinajstić information content (AvgIpc) is 3.15. The van der Waals surface area contributed by atoms with Crippen LogP contribution >= 0.6 is 0 Å². The first-order chi connectivity index (χ1) is 13.4. The molecule has 3 N–H and O–H groups in total. The Hall–Kier alpha value is -3.10. The lowest BCUT2D eigenvalue weighted by atomic mass is 10.1. The zero-order valence-electron chi connectivity index (χ0n) is 15.5. The van der Waals surface area contributed by atoms with Crippen LogP contribution in [-0.4, -0.2) is 42.1 Å². The summed E-state index contributed by atoms with van der Waals surface area (Å²) in [7, 11) is 0. The van der Waals surface area contributed by atoms with Crippen LogP contribution in [0.1, 0.15) is 39.0 Å². The summed E-state index contributed by atoms with van der Waals surface area (Å²) in [6.45, 7) is 1.35. The van der Waals surface area contributed by atoms with Gasteiger partial charge in [0.15, 0.2) is 12.2 Å². The fourth-order valence-corrected chi connectivity index (χ4v) is 3.18. The number of hydrogen-bond acceptors (Lipinski definition) is 6. The predicted molar refractivity (Wildman–Crippen MR) is 98.6 cm³/mol. The van der Waals surface area contributed by atoms with E-state index in [1.54, 1.807) is 24.3 Å². The second-order valence-corrected chi connectivity index (χ2v) is 6.87. The van der Waals surface area contributed by atoms with E-state index in [1.165, 1.54) is 6.92 Å². The van der Waals surface area contributed by atoms with Crippen LogP contribution in [0.5, 0.6) is 5.75 Å². The Morgan fingerprint density at radius 3 is 2.71 bits per heavy atom. The molecule has 0 saturated heterocycles. The van der Waals surface area contributed by atoms with Gasteiger partial charge in [-0.3, -0.25) is 19.7 Å². The Morgan fingerprint density at radius 1 is 1.25 bits per heavy atom. The highest BCUT2D eigenvalue weighted by atomic mass is 16.6. The number of anilines is 1.